The molecule has 3 aromatic heterocycles. The van der Waals surface area contributed by atoms with E-state index >= 15 is 0 Å². The minimum Gasteiger partial charge on any atom is -0.338 e. The van der Waals surface area contributed by atoms with Crippen LogP contribution in [0.5, 0.6) is 0 Å². The number of likely N-dealkylation sites (tertiary alicyclic amines) is 1. The highest BCUT2D eigenvalue weighted by Gasteiger charge is 2.28. The molecule has 2 N–H and O–H groups in total. The van der Waals surface area contributed by atoms with E-state index in [2.05, 4.69) is 20.5 Å². The van der Waals surface area contributed by atoms with E-state index in [-0.39, 0.29) is 12.1 Å². The van der Waals surface area contributed by atoms with Gasteiger partial charge in [0.2, 0.25) is 0 Å². The molecule has 130 valence electrons. The predicted molar refractivity (Wildman–Crippen MR) is 94.2 cm³/mol. The number of carbonyl (C=O) groups excluding carboxylic acids is 1. The van der Waals surface area contributed by atoms with Crippen LogP contribution in [0.3, 0.4) is 0 Å². The normalized spacial score (nSPS) is 17.8. The Kier molecular flexibility index (Phi) is 4.37. The molecule has 0 saturated carbocycles. The Hall–Kier alpha value is -2.83. The van der Waals surface area contributed by atoms with Crippen LogP contribution >= 0.6 is 0 Å². The van der Waals surface area contributed by atoms with Gasteiger partial charge < -0.3 is 14.6 Å². The second-order valence-electron chi connectivity index (χ2n) is 6.42. The Morgan fingerprint density at radius 3 is 3.16 bits per heavy atom. The average Bonchev–Trinajstić information content (AvgIpc) is 3.31. The van der Waals surface area contributed by atoms with Crippen molar-refractivity contribution in [2.24, 2.45) is 0 Å². The summed E-state index contributed by atoms with van der Waals surface area (Å²) >= 11 is 0. The summed E-state index contributed by atoms with van der Waals surface area (Å²) < 4.78 is 2.00. The van der Waals surface area contributed by atoms with Gasteiger partial charge in [-0.3, -0.25) is 5.10 Å². The molecule has 7 heteroatoms. The van der Waals surface area contributed by atoms with Crippen LogP contribution in [0.2, 0.25) is 0 Å². The highest BCUT2D eigenvalue weighted by molar-refractivity contribution is 5.74. The van der Waals surface area contributed by atoms with Gasteiger partial charge in [-0.25, -0.2) is 9.78 Å². The van der Waals surface area contributed by atoms with Gasteiger partial charge in [0.15, 0.2) is 0 Å². The molecule has 2 amide bonds. The monoisotopic (exact) mass is 338 g/mol. The Labute approximate surface area is 146 Å². The van der Waals surface area contributed by atoms with Crippen molar-refractivity contribution in [2.45, 2.75) is 31.7 Å². The zero-order valence-corrected chi connectivity index (χ0v) is 14.1. The maximum Gasteiger partial charge on any atom is 0.317 e. The topological polar surface area (TPSA) is 78.3 Å². The highest BCUT2D eigenvalue weighted by Crippen LogP contribution is 2.30. The molecule has 0 aromatic carbocycles. The fourth-order valence-electron chi connectivity index (χ4n) is 3.47. The molecule has 0 spiro atoms. The first kappa shape index (κ1) is 15.7. The first-order valence-corrected chi connectivity index (χ1v) is 8.77. The molecule has 4 heterocycles. The molecule has 0 bridgehead atoms. The van der Waals surface area contributed by atoms with Crippen LogP contribution < -0.4 is 5.32 Å². The molecule has 1 atom stereocenters. The number of carbonyl (C=O) groups is 1. The maximum absolute atomic E-state index is 12.6. The molecule has 25 heavy (non-hydrogen) atoms. The van der Waals surface area contributed by atoms with E-state index in [9.17, 15) is 4.79 Å². The van der Waals surface area contributed by atoms with Gasteiger partial charge in [0.25, 0.3) is 0 Å². The lowest BCUT2D eigenvalue weighted by Crippen LogP contribution is -2.45. The number of hydrogen-bond acceptors (Lipinski definition) is 3. The number of aromatic amines is 1. The first-order chi connectivity index (χ1) is 12.3. The number of piperidine rings is 1. The van der Waals surface area contributed by atoms with Crippen molar-refractivity contribution >= 4 is 11.7 Å². The summed E-state index contributed by atoms with van der Waals surface area (Å²) in [6.07, 6.45) is 11.6. The number of urea groups is 1. The van der Waals surface area contributed by atoms with Crippen molar-refractivity contribution in [2.75, 3.05) is 13.1 Å². The van der Waals surface area contributed by atoms with Crippen LogP contribution in [0, 0.1) is 0 Å². The first-order valence-electron chi connectivity index (χ1n) is 8.77. The number of amides is 2. The quantitative estimate of drug-likeness (QED) is 0.767. The smallest absolute Gasteiger partial charge is 0.317 e. The third kappa shape index (κ3) is 3.35. The number of imidazole rings is 1. The molecular formula is C18H22N6O. The summed E-state index contributed by atoms with van der Waals surface area (Å²) in [4.78, 5) is 19.1. The van der Waals surface area contributed by atoms with E-state index in [1.165, 1.54) is 0 Å². The lowest BCUT2D eigenvalue weighted by atomic mass is 9.98. The molecule has 0 radical (unpaired) electrons. The van der Waals surface area contributed by atoms with E-state index in [0.29, 0.717) is 6.54 Å². The standard InChI is InChI=1S/C18H22N6O/c25-18(24-10-4-1-5-16(24)14-11-20-21-12-14)19-8-7-15-13-23-9-3-2-6-17(23)22-15/h2-3,6,9,11-13,16H,1,4-5,7-8,10H2,(H,19,25)(H,20,21)/t16-/m1/s1. The number of fused-ring (bicyclic) bond motifs is 1. The Morgan fingerprint density at radius 1 is 1.36 bits per heavy atom. The summed E-state index contributed by atoms with van der Waals surface area (Å²) in [5.41, 5.74) is 2.99. The maximum atomic E-state index is 12.6. The van der Waals surface area contributed by atoms with E-state index in [0.717, 1.165) is 49.1 Å². The highest BCUT2D eigenvalue weighted by atomic mass is 16.2. The van der Waals surface area contributed by atoms with E-state index < -0.39 is 0 Å². The lowest BCUT2D eigenvalue weighted by Gasteiger charge is -2.35. The van der Waals surface area contributed by atoms with Gasteiger partial charge in [0, 0.05) is 43.7 Å². The number of aromatic nitrogens is 4. The summed E-state index contributed by atoms with van der Waals surface area (Å²) in [5, 5.41) is 9.91. The number of H-pyrrole nitrogens is 1. The van der Waals surface area contributed by atoms with Crippen molar-refractivity contribution in [3.05, 3.63) is 54.2 Å². The van der Waals surface area contributed by atoms with Crippen LogP contribution in [0.15, 0.2) is 43.0 Å². The van der Waals surface area contributed by atoms with Crippen molar-refractivity contribution in [3.8, 4) is 0 Å². The van der Waals surface area contributed by atoms with Crippen LogP contribution in [0.25, 0.3) is 5.65 Å². The Morgan fingerprint density at radius 2 is 2.32 bits per heavy atom. The van der Waals surface area contributed by atoms with Crippen LogP contribution in [-0.2, 0) is 6.42 Å². The van der Waals surface area contributed by atoms with E-state index in [4.69, 9.17) is 0 Å². The molecule has 3 aromatic rings. The molecule has 7 nitrogen and oxygen atoms in total. The molecule has 1 saturated heterocycles. The fourth-order valence-corrected chi connectivity index (χ4v) is 3.47. The van der Waals surface area contributed by atoms with Crippen molar-refractivity contribution in [3.63, 3.8) is 0 Å². The summed E-state index contributed by atoms with van der Waals surface area (Å²) in [5.74, 6) is 0. The molecule has 1 aliphatic rings. The lowest BCUT2D eigenvalue weighted by molar-refractivity contribution is 0.151. The van der Waals surface area contributed by atoms with Gasteiger partial charge in [-0.1, -0.05) is 6.07 Å². The van der Waals surface area contributed by atoms with Crippen LogP contribution in [0.4, 0.5) is 4.79 Å². The van der Waals surface area contributed by atoms with Crippen LogP contribution in [-0.4, -0.2) is 43.6 Å². The number of rotatable bonds is 4. The minimum atomic E-state index is -0.00494. The number of nitrogens with zero attached hydrogens (tertiary/aromatic N) is 4. The fraction of sp³-hybridized carbons (Fsp3) is 0.389. The second-order valence-corrected chi connectivity index (χ2v) is 6.42. The SMILES string of the molecule is O=C(NCCc1cn2ccccc2n1)N1CCCC[C@@H]1c1cn[nH]c1. The predicted octanol–water partition coefficient (Wildman–Crippen LogP) is 2.54. The van der Waals surface area contributed by atoms with Crippen LogP contribution in [0.1, 0.15) is 36.6 Å². The number of hydrogen-bond donors (Lipinski definition) is 2. The minimum absolute atomic E-state index is 0.00494. The summed E-state index contributed by atoms with van der Waals surface area (Å²) in [6.45, 7) is 1.37. The molecule has 0 unspecified atom stereocenters. The average molecular weight is 338 g/mol. The molecular weight excluding hydrogens is 316 g/mol. The van der Waals surface area contributed by atoms with Gasteiger partial charge in [0.05, 0.1) is 17.9 Å². The second kappa shape index (κ2) is 6.96. The van der Waals surface area contributed by atoms with Crippen molar-refractivity contribution in [1.29, 1.82) is 0 Å². The van der Waals surface area contributed by atoms with Gasteiger partial charge in [-0.2, -0.15) is 5.10 Å². The van der Waals surface area contributed by atoms with Gasteiger partial charge >= 0.3 is 6.03 Å². The zero-order chi connectivity index (χ0) is 17.1. The molecule has 4 rings (SSSR count). The summed E-state index contributed by atoms with van der Waals surface area (Å²) in [6, 6.07) is 6.04. The molecule has 1 fully saturated rings. The van der Waals surface area contributed by atoms with Crippen molar-refractivity contribution in [1.82, 2.24) is 29.8 Å². The third-order valence-electron chi connectivity index (χ3n) is 4.74. The third-order valence-corrected chi connectivity index (χ3v) is 4.74. The largest absolute Gasteiger partial charge is 0.338 e. The van der Waals surface area contributed by atoms with E-state index in [1.54, 1.807) is 0 Å². The van der Waals surface area contributed by atoms with E-state index in [1.807, 2.05) is 52.3 Å². The number of nitrogens with one attached hydrogen (secondary N) is 2. The Bertz CT molecular complexity index is 807. The van der Waals surface area contributed by atoms with Gasteiger partial charge in [0.1, 0.15) is 5.65 Å². The van der Waals surface area contributed by atoms with Gasteiger partial charge in [-0.05, 0) is 31.4 Å². The summed E-state index contributed by atoms with van der Waals surface area (Å²) in [7, 11) is 0. The molecule has 1 aliphatic heterocycles. The number of pyridine rings is 1. The zero-order valence-electron chi connectivity index (χ0n) is 14.1. The Balaban J connectivity index is 1.36. The molecule has 0 aliphatic carbocycles. The van der Waals surface area contributed by atoms with Crippen molar-refractivity contribution < 1.29 is 4.79 Å². The van der Waals surface area contributed by atoms with Gasteiger partial charge in [-0.15, -0.1) is 0 Å².